The summed E-state index contributed by atoms with van der Waals surface area (Å²) < 4.78 is 11.9. The maximum atomic E-state index is 12.2. The Morgan fingerprint density at radius 3 is 2.50 bits per heavy atom. The lowest BCUT2D eigenvalue weighted by Gasteiger charge is -2.10. The summed E-state index contributed by atoms with van der Waals surface area (Å²) in [7, 11) is 1.61. The van der Waals surface area contributed by atoms with Gasteiger partial charge < -0.3 is 14.5 Å². The van der Waals surface area contributed by atoms with E-state index < -0.39 is 0 Å². The number of carbonyl (C=O) groups excluding carboxylic acids is 1. The highest BCUT2D eigenvalue weighted by Crippen LogP contribution is 2.27. The van der Waals surface area contributed by atoms with E-state index in [2.05, 4.69) is 31.5 Å². The van der Waals surface area contributed by atoms with E-state index in [0.717, 1.165) is 27.0 Å². The average molecular weight is 482 g/mol. The zero-order chi connectivity index (χ0) is 21.1. The van der Waals surface area contributed by atoms with Crippen molar-refractivity contribution >= 4 is 56.0 Å². The first-order valence-corrected chi connectivity index (χ1v) is 10.1. The van der Waals surface area contributed by atoms with Crippen molar-refractivity contribution in [3.63, 3.8) is 0 Å². The molecular weight excluding hydrogens is 466 g/mol. The number of hydrogen-bond donors (Lipinski definition) is 2. The van der Waals surface area contributed by atoms with E-state index in [-0.39, 0.29) is 11.0 Å². The first-order chi connectivity index (χ1) is 14.5. The molecule has 8 heteroatoms. The van der Waals surface area contributed by atoms with E-state index in [9.17, 15) is 4.79 Å². The highest BCUT2D eigenvalue weighted by molar-refractivity contribution is 9.10. The third kappa shape index (κ3) is 4.50. The number of ether oxygens (including phenoxy) is 1. The van der Waals surface area contributed by atoms with Crippen molar-refractivity contribution in [3.05, 3.63) is 76.8 Å². The minimum Gasteiger partial charge on any atom is -0.497 e. The van der Waals surface area contributed by atoms with Crippen LogP contribution in [-0.4, -0.2) is 23.1 Å². The van der Waals surface area contributed by atoms with Gasteiger partial charge in [-0.3, -0.25) is 10.1 Å². The van der Waals surface area contributed by atoms with E-state index in [1.165, 1.54) is 0 Å². The van der Waals surface area contributed by atoms with E-state index in [4.69, 9.17) is 21.4 Å². The zero-order valence-electron chi connectivity index (χ0n) is 15.8. The fraction of sp³-hybridized carbons (Fsp3) is 0.0455. The smallest absolute Gasteiger partial charge is 0.257 e. The average Bonchev–Trinajstić information content (AvgIpc) is 3.17. The molecule has 0 unspecified atom stereocenters. The second-order valence-electron chi connectivity index (χ2n) is 6.35. The van der Waals surface area contributed by atoms with Crippen LogP contribution in [0.4, 0.5) is 5.69 Å². The molecule has 0 aliphatic carbocycles. The molecule has 2 N–H and O–H groups in total. The maximum absolute atomic E-state index is 12.2. The largest absolute Gasteiger partial charge is 0.497 e. The number of carbonyl (C=O) groups is 1. The fourth-order valence-corrected chi connectivity index (χ4v) is 3.27. The van der Waals surface area contributed by atoms with Gasteiger partial charge in [0.05, 0.1) is 7.11 Å². The van der Waals surface area contributed by atoms with Crippen LogP contribution in [0.5, 0.6) is 5.75 Å². The standard InChI is InChI=1S/C22H16BrN3O3S/c1-28-17-10-11-19-18(12-17)25-21(29-19)14-4-8-16(9-5-14)24-22(30)26-20(27)13-2-6-15(23)7-3-13/h2-12H,1H3,(H2,24,26,27,30). The van der Waals surface area contributed by atoms with Crippen LogP contribution in [-0.2, 0) is 0 Å². The first-order valence-electron chi connectivity index (χ1n) is 8.95. The molecule has 1 aromatic heterocycles. The van der Waals surface area contributed by atoms with Crippen LogP contribution in [0, 0.1) is 0 Å². The number of aromatic nitrogens is 1. The van der Waals surface area contributed by atoms with Gasteiger partial charge in [-0.2, -0.15) is 0 Å². The van der Waals surface area contributed by atoms with Crippen LogP contribution in [0.25, 0.3) is 22.6 Å². The summed E-state index contributed by atoms with van der Waals surface area (Å²) in [5, 5.41) is 5.87. The second kappa shape index (κ2) is 8.64. The molecule has 0 saturated heterocycles. The first kappa shape index (κ1) is 20.1. The summed E-state index contributed by atoms with van der Waals surface area (Å²) in [4.78, 5) is 16.8. The van der Waals surface area contributed by atoms with Crippen molar-refractivity contribution in [1.29, 1.82) is 0 Å². The van der Waals surface area contributed by atoms with Gasteiger partial charge in [0.15, 0.2) is 10.7 Å². The lowest BCUT2D eigenvalue weighted by molar-refractivity contribution is 0.0977. The van der Waals surface area contributed by atoms with Crippen molar-refractivity contribution in [1.82, 2.24) is 10.3 Å². The minimum atomic E-state index is -0.279. The number of halogens is 1. The van der Waals surface area contributed by atoms with E-state index in [0.29, 0.717) is 17.0 Å². The van der Waals surface area contributed by atoms with Crippen LogP contribution in [0.1, 0.15) is 10.4 Å². The van der Waals surface area contributed by atoms with Crippen LogP contribution in [0.2, 0.25) is 0 Å². The number of nitrogens with zero attached hydrogens (tertiary/aromatic N) is 1. The summed E-state index contributed by atoms with van der Waals surface area (Å²) in [5.41, 5.74) is 3.48. The number of nitrogens with one attached hydrogen (secondary N) is 2. The zero-order valence-corrected chi connectivity index (χ0v) is 18.2. The molecule has 4 rings (SSSR count). The number of thiocarbonyl (C=S) groups is 1. The third-order valence-electron chi connectivity index (χ3n) is 4.32. The maximum Gasteiger partial charge on any atom is 0.257 e. The third-order valence-corrected chi connectivity index (χ3v) is 5.05. The molecule has 0 aliphatic heterocycles. The van der Waals surface area contributed by atoms with Gasteiger partial charge in [0.2, 0.25) is 5.89 Å². The predicted octanol–water partition coefficient (Wildman–Crippen LogP) is 5.39. The van der Waals surface area contributed by atoms with Gasteiger partial charge in [-0.25, -0.2) is 4.98 Å². The van der Waals surface area contributed by atoms with Crippen molar-refractivity contribution in [2.45, 2.75) is 0 Å². The van der Waals surface area contributed by atoms with E-state index in [1.807, 2.05) is 42.5 Å². The molecule has 0 fully saturated rings. The number of oxazole rings is 1. The molecule has 150 valence electrons. The topological polar surface area (TPSA) is 76.4 Å². The molecule has 6 nitrogen and oxygen atoms in total. The van der Waals surface area contributed by atoms with Crippen molar-refractivity contribution in [2.24, 2.45) is 0 Å². The molecular formula is C22H16BrN3O3S. The Labute approximate surface area is 186 Å². The molecule has 4 aromatic rings. The number of fused-ring (bicyclic) bond motifs is 1. The molecule has 0 atom stereocenters. The highest BCUT2D eigenvalue weighted by atomic mass is 79.9. The highest BCUT2D eigenvalue weighted by Gasteiger charge is 2.11. The van der Waals surface area contributed by atoms with Gasteiger partial charge in [0, 0.05) is 27.4 Å². The Kier molecular flexibility index (Phi) is 5.78. The molecule has 0 bridgehead atoms. The van der Waals surface area contributed by atoms with Crippen molar-refractivity contribution < 1.29 is 13.9 Å². The van der Waals surface area contributed by atoms with E-state index >= 15 is 0 Å². The van der Waals surface area contributed by atoms with Gasteiger partial charge in [-0.1, -0.05) is 15.9 Å². The van der Waals surface area contributed by atoms with Crippen molar-refractivity contribution in [3.8, 4) is 17.2 Å². The van der Waals surface area contributed by atoms with E-state index in [1.54, 1.807) is 31.4 Å². The van der Waals surface area contributed by atoms with Crippen LogP contribution in [0.15, 0.2) is 75.6 Å². The summed E-state index contributed by atoms with van der Waals surface area (Å²) >= 11 is 8.58. The molecule has 30 heavy (non-hydrogen) atoms. The minimum absolute atomic E-state index is 0.213. The lowest BCUT2D eigenvalue weighted by Crippen LogP contribution is -2.34. The molecule has 0 aliphatic rings. The predicted molar refractivity (Wildman–Crippen MR) is 124 cm³/mol. The second-order valence-corrected chi connectivity index (χ2v) is 7.67. The Morgan fingerprint density at radius 2 is 1.80 bits per heavy atom. The molecule has 0 spiro atoms. The molecule has 0 radical (unpaired) electrons. The molecule has 3 aromatic carbocycles. The number of rotatable bonds is 4. The lowest BCUT2D eigenvalue weighted by atomic mass is 10.2. The Balaban J connectivity index is 1.42. The molecule has 1 heterocycles. The SMILES string of the molecule is COc1ccc2oc(-c3ccc(NC(=S)NC(=O)c4ccc(Br)cc4)cc3)nc2c1. The fourth-order valence-electron chi connectivity index (χ4n) is 2.79. The summed E-state index contributed by atoms with van der Waals surface area (Å²) in [6.45, 7) is 0. The Hall–Kier alpha value is -3.23. The monoisotopic (exact) mass is 481 g/mol. The quantitative estimate of drug-likeness (QED) is 0.380. The van der Waals surface area contributed by atoms with Crippen LogP contribution >= 0.6 is 28.1 Å². The van der Waals surface area contributed by atoms with Gasteiger partial charge in [-0.05, 0) is 72.9 Å². The molecule has 1 amide bonds. The van der Waals surface area contributed by atoms with Gasteiger partial charge >= 0.3 is 0 Å². The number of anilines is 1. The van der Waals surface area contributed by atoms with Crippen LogP contribution < -0.4 is 15.4 Å². The van der Waals surface area contributed by atoms with Gasteiger partial charge in [-0.15, -0.1) is 0 Å². The normalized spacial score (nSPS) is 10.6. The number of amides is 1. The van der Waals surface area contributed by atoms with Gasteiger partial charge in [0.25, 0.3) is 5.91 Å². The number of benzene rings is 3. The van der Waals surface area contributed by atoms with Crippen LogP contribution in [0.3, 0.4) is 0 Å². The number of hydrogen-bond acceptors (Lipinski definition) is 5. The molecule has 0 saturated carbocycles. The summed E-state index contributed by atoms with van der Waals surface area (Å²) in [5.74, 6) is 0.954. The Bertz CT molecular complexity index is 1220. The summed E-state index contributed by atoms with van der Waals surface area (Å²) in [6, 6.07) is 19.9. The van der Waals surface area contributed by atoms with Gasteiger partial charge in [0.1, 0.15) is 11.3 Å². The Morgan fingerprint density at radius 1 is 1.07 bits per heavy atom. The van der Waals surface area contributed by atoms with Crippen molar-refractivity contribution in [2.75, 3.05) is 12.4 Å². The summed E-state index contributed by atoms with van der Waals surface area (Å²) in [6.07, 6.45) is 0. The number of methoxy groups -OCH3 is 1.